The van der Waals surface area contributed by atoms with Gasteiger partial charge in [0.25, 0.3) is 5.91 Å². The highest BCUT2D eigenvalue weighted by Gasteiger charge is 2.28. The highest BCUT2D eigenvalue weighted by molar-refractivity contribution is 9.10. The lowest BCUT2D eigenvalue weighted by molar-refractivity contribution is -0.130. The summed E-state index contributed by atoms with van der Waals surface area (Å²) in [4.78, 5) is 35.2. The lowest BCUT2D eigenvalue weighted by atomic mass is 10.1. The number of benzene rings is 1. The van der Waals surface area contributed by atoms with Crippen LogP contribution in [0.15, 0.2) is 16.6 Å². The Morgan fingerprint density at radius 1 is 1.28 bits per heavy atom. The van der Waals surface area contributed by atoms with Gasteiger partial charge in [-0.3, -0.25) is 10.1 Å². The zero-order valence-corrected chi connectivity index (χ0v) is 16.0. The molecule has 9 heteroatoms. The Morgan fingerprint density at radius 3 is 2.40 bits per heavy atom. The van der Waals surface area contributed by atoms with Crippen molar-refractivity contribution in [3.63, 3.8) is 0 Å². The monoisotopic (exact) mass is 416 g/mol. The van der Waals surface area contributed by atoms with Crippen LogP contribution in [0.1, 0.15) is 31.1 Å². The van der Waals surface area contributed by atoms with Crippen molar-refractivity contribution in [2.45, 2.75) is 26.9 Å². The Balaban J connectivity index is 3.07. The van der Waals surface area contributed by atoms with Gasteiger partial charge in [0.05, 0.1) is 23.8 Å². The van der Waals surface area contributed by atoms with Gasteiger partial charge in [-0.15, -0.1) is 0 Å². The lowest BCUT2D eigenvalue weighted by Gasteiger charge is -2.20. The van der Waals surface area contributed by atoms with Gasteiger partial charge in [0.1, 0.15) is 0 Å². The molecule has 1 aromatic rings. The molecule has 0 saturated heterocycles. The molecule has 1 atom stereocenters. The van der Waals surface area contributed by atoms with Crippen LogP contribution in [0.5, 0.6) is 11.5 Å². The maximum atomic E-state index is 12.4. The number of carbonyl (C=O) groups excluding carboxylic acids is 3. The third kappa shape index (κ3) is 5.63. The fourth-order valence-corrected chi connectivity index (χ4v) is 2.55. The van der Waals surface area contributed by atoms with Crippen molar-refractivity contribution in [3.05, 3.63) is 22.2 Å². The molecule has 138 valence electrons. The zero-order valence-electron chi connectivity index (χ0n) is 14.4. The number of methoxy groups -OCH3 is 1. The summed E-state index contributed by atoms with van der Waals surface area (Å²) in [5, 5.41) is 1.91. The van der Waals surface area contributed by atoms with E-state index >= 15 is 0 Å². The number of imide groups is 1. The summed E-state index contributed by atoms with van der Waals surface area (Å²) < 4.78 is 16.4. The maximum absolute atomic E-state index is 12.4. The van der Waals surface area contributed by atoms with Crippen LogP contribution >= 0.6 is 15.9 Å². The summed E-state index contributed by atoms with van der Waals surface area (Å²) in [5.74, 6) is -1.11. The van der Waals surface area contributed by atoms with Gasteiger partial charge >= 0.3 is 12.0 Å². The standard InChI is InChI=1S/C16H21BrN2O6/c1-5-24-13-10(17)6-9(7-11(13)23-4)15(21)25-12(8(2)3)14(20)19-16(18)22/h6-8,12H,5H2,1-4H3,(H3,18,19,20,22)/t12-/m1/s1. The molecule has 0 aliphatic rings. The molecule has 0 saturated carbocycles. The van der Waals surface area contributed by atoms with Gasteiger partial charge in [-0.05, 0) is 40.9 Å². The molecule has 1 rings (SSSR count). The number of nitrogens with one attached hydrogen (secondary N) is 1. The van der Waals surface area contributed by atoms with Gasteiger partial charge in [-0.25, -0.2) is 9.59 Å². The Hall–Kier alpha value is -2.29. The number of amides is 3. The van der Waals surface area contributed by atoms with E-state index in [4.69, 9.17) is 19.9 Å². The predicted molar refractivity (Wildman–Crippen MR) is 93.6 cm³/mol. The molecular weight excluding hydrogens is 396 g/mol. The largest absolute Gasteiger partial charge is 0.493 e. The Morgan fingerprint density at radius 2 is 1.92 bits per heavy atom. The highest BCUT2D eigenvalue weighted by Crippen LogP contribution is 2.37. The van der Waals surface area contributed by atoms with Crippen LogP contribution in [0.3, 0.4) is 0 Å². The summed E-state index contributed by atoms with van der Waals surface area (Å²) in [5.41, 5.74) is 5.09. The molecule has 3 N–H and O–H groups in total. The number of esters is 1. The molecule has 0 unspecified atom stereocenters. The number of primary amides is 1. The number of carbonyl (C=O) groups is 3. The molecule has 0 radical (unpaired) electrons. The van der Waals surface area contributed by atoms with Crippen LogP contribution < -0.4 is 20.5 Å². The van der Waals surface area contributed by atoms with Crippen molar-refractivity contribution < 1.29 is 28.6 Å². The lowest BCUT2D eigenvalue weighted by Crippen LogP contribution is -2.45. The molecule has 8 nitrogen and oxygen atoms in total. The van der Waals surface area contributed by atoms with E-state index < -0.39 is 24.0 Å². The fraction of sp³-hybridized carbons (Fsp3) is 0.438. The van der Waals surface area contributed by atoms with Crippen LogP contribution in [-0.2, 0) is 9.53 Å². The summed E-state index contributed by atoms with van der Waals surface area (Å²) in [6.07, 6.45) is -1.17. The van der Waals surface area contributed by atoms with E-state index in [1.165, 1.54) is 19.2 Å². The minimum absolute atomic E-state index is 0.157. The SMILES string of the molecule is CCOc1c(Br)cc(C(=O)O[C@@H](C(=O)NC(N)=O)C(C)C)cc1OC. The van der Waals surface area contributed by atoms with Crippen LogP contribution in [0, 0.1) is 5.92 Å². The van der Waals surface area contributed by atoms with Crippen molar-refractivity contribution in [3.8, 4) is 11.5 Å². The van der Waals surface area contributed by atoms with Crippen LogP contribution in [-0.4, -0.2) is 37.7 Å². The van der Waals surface area contributed by atoms with Crippen LogP contribution in [0.2, 0.25) is 0 Å². The van der Waals surface area contributed by atoms with Gasteiger partial charge in [-0.2, -0.15) is 0 Å². The van der Waals surface area contributed by atoms with E-state index in [1.807, 2.05) is 12.2 Å². The minimum Gasteiger partial charge on any atom is -0.493 e. The van der Waals surface area contributed by atoms with Crippen LogP contribution in [0.4, 0.5) is 4.79 Å². The maximum Gasteiger partial charge on any atom is 0.339 e. The van der Waals surface area contributed by atoms with Crippen molar-refractivity contribution in [1.82, 2.24) is 5.32 Å². The number of hydrogen-bond acceptors (Lipinski definition) is 6. The van der Waals surface area contributed by atoms with Gasteiger partial charge < -0.3 is 19.9 Å². The minimum atomic E-state index is -1.17. The first-order valence-electron chi connectivity index (χ1n) is 7.52. The van der Waals surface area contributed by atoms with Crippen LogP contribution in [0.25, 0.3) is 0 Å². The summed E-state index contributed by atoms with van der Waals surface area (Å²) >= 11 is 3.31. The van der Waals surface area contributed by atoms with E-state index in [2.05, 4.69) is 15.9 Å². The van der Waals surface area contributed by atoms with Gasteiger partial charge in [0, 0.05) is 0 Å². The van der Waals surface area contributed by atoms with E-state index in [9.17, 15) is 14.4 Å². The molecule has 25 heavy (non-hydrogen) atoms. The van der Waals surface area contributed by atoms with Crippen molar-refractivity contribution in [2.24, 2.45) is 11.7 Å². The van der Waals surface area contributed by atoms with Gasteiger partial charge in [-0.1, -0.05) is 13.8 Å². The summed E-state index contributed by atoms with van der Waals surface area (Å²) in [6, 6.07) is 1.93. The third-order valence-electron chi connectivity index (χ3n) is 3.10. The van der Waals surface area contributed by atoms with E-state index in [-0.39, 0.29) is 11.5 Å². The number of urea groups is 1. The van der Waals surface area contributed by atoms with E-state index in [0.717, 1.165) is 0 Å². The smallest absolute Gasteiger partial charge is 0.339 e. The van der Waals surface area contributed by atoms with Crippen molar-refractivity contribution in [1.29, 1.82) is 0 Å². The highest BCUT2D eigenvalue weighted by atomic mass is 79.9. The normalized spacial score (nSPS) is 11.6. The molecule has 0 aliphatic heterocycles. The van der Waals surface area contributed by atoms with Crippen molar-refractivity contribution >= 4 is 33.8 Å². The molecule has 0 heterocycles. The molecule has 1 aromatic carbocycles. The second-order valence-corrected chi connectivity index (χ2v) is 6.20. The molecule has 0 bridgehead atoms. The molecule has 3 amide bonds. The van der Waals surface area contributed by atoms with Gasteiger partial charge in [0.15, 0.2) is 17.6 Å². The first-order chi connectivity index (χ1) is 11.7. The topological polar surface area (TPSA) is 117 Å². The summed E-state index contributed by atoms with van der Waals surface area (Å²) in [6.45, 7) is 5.58. The second kappa shape index (κ2) is 9.26. The summed E-state index contributed by atoms with van der Waals surface area (Å²) in [7, 11) is 1.44. The molecule has 0 aliphatic carbocycles. The first-order valence-corrected chi connectivity index (χ1v) is 8.32. The molecule has 0 aromatic heterocycles. The van der Waals surface area contributed by atoms with Gasteiger partial charge in [0.2, 0.25) is 0 Å². The number of halogens is 1. The predicted octanol–water partition coefficient (Wildman–Crippen LogP) is 2.23. The second-order valence-electron chi connectivity index (χ2n) is 5.35. The molecule has 0 fully saturated rings. The Kier molecular flexibility index (Phi) is 7.69. The Labute approximate surface area is 154 Å². The number of rotatable bonds is 7. The van der Waals surface area contributed by atoms with E-state index in [0.29, 0.717) is 22.6 Å². The number of nitrogens with two attached hydrogens (primary N) is 1. The zero-order chi connectivity index (χ0) is 19.1. The van der Waals surface area contributed by atoms with Crippen molar-refractivity contribution in [2.75, 3.05) is 13.7 Å². The molecule has 0 spiro atoms. The molecular formula is C16H21BrN2O6. The fourth-order valence-electron chi connectivity index (χ4n) is 1.99. The Bertz CT molecular complexity index is 662. The third-order valence-corrected chi connectivity index (χ3v) is 3.69. The van der Waals surface area contributed by atoms with E-state index in [1.54, 1.807) is 13.8 Å². The average Bonchev–Trinajstić information content (AvgIpc) is 2.52. The number of hydrogen-bond donors (Lipinski definition) is 2. The number of ether oxygens (including phenoxy) is 3. The average molecular weight is 417 g/mol. The first kappa shape index (κ1) is 20.8. The quantitative estimate of drug-likeness (QED) is 0.658.